The van der Waals surface area contributed by atoms with Crippen molar-refractivity contribution in [3.8, 4) is 11.5 Å². The lowest BCUT2D eigenvalue weighted by atomic mass is 10.0. The van der Waals surface area contributed by atoms with E-state index in [-0.39, 0.29) is 17.8 Å². The zero-order chi connectivity index (χ0) is 18.2. The fourth-order valence-corrected chi connectivity index (χ4v) is 2.52. The summed E-state index contributed by atoms with van der Waals surface area (Å²) in [5.41, 5.74) is 1.01. The molecule has 0 aliphatic heterocycles. The zero-order valence-corrected chi connectivity index (χ0v) is 14.8. The van der Waals surface area contributed by atoms with Crippen molar-refractivity contribution >= 4 is 5.91 Å². The minimum Gasteiger partial charge on any atom is -0.497 e. The standard InChI is InChI=1S/C20H24FNO3/c1-4-18(14-6-10-16(24-3)11-7-14)22-20(23)19(5-2)25-17-12-8-15(21)9-13-17/h6-13,18-19H,4-5H2,1-3H3,(H,22,23)/t18-,19-/m1/s1. The van der Waals surface area contributed by atoms with Gasteiger partial charge in [0.1, 0.15) is 17.3 Å². The second kappa shape index (κ2) is 9.06. The highest BCUT2D eigenvalue weighted by molar-refractivity contribution is 5.81. The average Bonchev–Trinajstić information content (AvgIpc) is 2.65. The highest BCUT2D eigenvalue weighted by Crippen LogP contribution is 2.21. The van der Waals surface area contributed by atoms with Gasteiger partial charge in [-0.15, -0.1) is 0 Å². The van der Waals surface area contributed by atoms with Gasteiger partial charge in [-0.2, -0.15) is 0 Å². The Morgan fingerprint density at radius 2 is 1.60 bits per heavy atom. The number of ether oxygens (including phenoxy) is 2. The van der Waals surface area contributed by atoms with E-state index in [2.05, 4.69) is 5.32 Å². The van der Waals surface area contributed by atoms with E-state index in [1.165, 1.54) is 24.3 Å². The number of carbonyl (C=O) groups is 1. The fraction of sp³-hybridized carbons (Fsp3) is 0.350. The van der Waals surface area contributed by atoms with Crippen molar-refractivity contribution in [2.24, 2.45) is 0 Å². The number of methoxy groups -OCH3 is 1. The quantitative estimate of drug-likeness (QED) is 0.778. The third-order valence-electron chi connectivity index (χ3n) is 4.00. The Kier molecular flexibility index (Phi) is 6.81. The molecular weight excluding hydrogens is 321 g/mol. The Hall–Kier alpha value is -2.56. The van der Waals surface area contributed by atoms with E-state index in [9.17, 15) is 9.18 Å². The smallest absolute Gasteiger partial charge is 0.261 e. The second-order valence-electron chi connectivity index (χ2n) is 5.71. The van der Waals surface area contributed by atoms with Gasteiger partial charge in [0.25, 0.3) is 5.91 Å². The Morgan fingerprint density at radius 1 is 1.00 bits per heavy atom. The molecule has 1 amide bonds. The molecule has 0 radical (unpaired) electrons. The molecule has 134 valence electrons. The molecule has 0 unspecified atom stereocenters. The van der Waals surface area contributed by atoms with Crippen molar-refractivity contribution in [2.45, 2.75) is 38.8 Å². The summed E-state index contributed by atoms with van der Waals surface area (Å²) < 4.78 is 23.8. The Morgan fingerprint density at radius 3 is 2.12 bits per heavy atom. The van der Waals surface area contributed by atoms with Gasteiger partial charge in [0.05, 0.1) is 13.2 Å². The topological polar surface area (TPSA) is 47.6 Å². The number of rotatable bonds is 8. The van der Waals surface area contributed by atoms with Crippen LogP contribution in [0, 0.1) is 5.82 Å². The maximum absolute atomic E-state index is 13.0. The van der Waals surface area contributed by atoms with Crippen LogP contribution in [0.5, 0.6) is 11.5 Å². The first-order valence-electron chi connectivity index (χ1n) is 8.43. The fourth-order valence-electron chi connectivity index (χ4n) is 2.52. The Labute approximate surface area is 148 Å². The van der Waals surface area contributed by atoms with Crippen molar-refractivity contribution < 1.29 is 18.7 Å². The Balaban J connectivity index is 2.03. The highest BCUT2D eigenvalue weighted by atomic mass is 19.1. The van der Waals surface area contributed by atoms with Crippen LogP contribution in [0.2, 0.25) is 0 Å². The highest BCUT2D eigenvalue weighted by Gasteiger charge is 2.22. The van der Waals surface area contributed by atoms with Crippen LogP contribution in [-0.4, -0.2) is 19.1 Å². The summed E-state index contributed by atoms with van der Waals surface area (Å²) >= 11 is 0. The largest absolute Gasteiger partial charge is 0.497 e. The monoisotopic (exact) mass is 345 g/mol. The summed E-state index contributed by atoms with van der Waals surface area (Å²) in [5.74, 6) is 0.724. The van der Waals surface area contributed by atoms with E-state index in [4.69, 9.17) is 9.47 Å². The molecule has 0 fully saturated rings. The van der Waals surface area contributed by atoms with Crippen LogP contribution < -0.4 is 14.8 Å². The van der Waals surface area contributed by atoms with E-state index >= 15 is 0 Å². The number of hydrogen-bond acceptors (Lipinski definition) is 3. The molecule has 5 heteroatoms. The van der Waals surface area contributed by atoms with Crippen LogP contribution in [0.1, 0.15) is 38.3 Å². The molecule has 2 aromatic carbocycles. The number of hydrogen-bond donors (Lipinski definition) is 1. The molecule has 0 bridgehead atoms. The van der Waals surface area contributed by atoms with Crippen molar-refractivity contribution in [3.63, 3.8) is 0 Å². The third-order valence-corrected chi connectivity index (χ3v) is 4.00. The summed E-state index contributed by atoms with van der Waals surface area (Å²) in [6.45, 7) is 3.89. The predicted molar refractivity (Wildman–Crippen MR) is 95.3 cm³/mol. The first-order valence-corrected chi connectivity index (χ1v) is 8.43. The van der Waals surface area contributed by atoms with Crippen molar-refractivity contribution in [3.05, 3.63) is 59.9 Å². The number of carbonyl (C=O) groups excluding carboxylic acids is 1. The molecule has 2 rings (SSSR count). The molecule has 0 heterocycles. The van der Waals surface area contributed by atoms with Crippen LogP contribution in [0.15, 0.2) is 48.5 Å². The molecule has 4 nitrogen and oxygen atoms in total. The molecule has 0 aromatic heterocycles. The van der Waals surface area contributed by atoms with Crippen LogP contribution >= 0.6 is 0 Å². The Bertz CT molecular complexity index is 670. The molecule has 25 heavy (non-hydrogen) atoms. The summed E-state index contributed by atoms with van der Waals surface area (Å²) in [4.78, 5) is 12.6. The van der Waals surface area contributed by atoms with Crippen molar-refractivity contribution in [2.75, 3.05) is 7.11 Å². The van der Waals surface area contributed by atoms with E-state index in [0.717, 1.165) is 17.7 Å². The first kappa shape index (κ1) is 18.8. The van der Waals surface area contributed by atoms with Gasteiger partial charge in [-0.3, -0.25) is 4.79 Å². The number of amides is 1. The minimum atomic E-state index is -0.627. The third kappa shape index (κ3) is 5.21. The molecule has 2 aromatic rings. The molecule has 0 spiro atoms. The summed E-state index contributed by atoms with van der Waals surface area (Å²) in [5, 5.41) is 3.02. The molecular formula is C20H24FNO3. The summed E-state index contributed by atoms with van der Waals surface area (Å²) in [6.07, 6.45) is 0.644. The molecule has 0 aliphatic rings. The van der Waals surface area contributed by atoms with E-state index in [1.807, 2.05) is 38.1 Å². The van der Waals surface area contributed by atoms with E-state index in [0.29, 0.717) is 12.2 Å². The molecule has 1 N–H and O–H groups in total. The van der Waals surface area contributed by atoms with Gasteiger partial charge < -0.3 is 14.8 Å². The average molecular weight is 345 g/mol. The van der Waals surface area contributed by atoms with Gasteiger partial charge in [0.15, 0.2) is 6.10 Å². The maximum atomic E-state index is 13.0. The van der Waals surface area contributed by atoms with E-state index in [1.54, 1.807) is 7.11 Å². The number of halogens is 1. The normalized spacial score (nSPS) is 13.0. The van der Waals surface area contributed by atoms with Gasteiger partial charge in [-0.05, 0) is 54.8 Å². The maximum Gasteiger partial charge on any atom is 0.261 e. The van der Waals surface area contributed by atoms with Gasteiger partial charge in [-0.1, -0.05) is 26.0 Å². The van der Waals surface area contributed by atoms with Crippen molar-refractivity contribution in [1.82, 2.24) is 5.32 Å². The van der Waals surface area contributed by atoms with E-state index < -0.39 is 6.10 Å². The predicted octanol–water partition coefficient (Wildman–Crippen LogP) is 4.26. The minimum absolute atomic E-state index is 0.107. The van der Waals surface area contributed by atoms with Crippen LogP contribution in [0.3, 0.4) is 0 Å². The van der Waals surface area contributed by atoms with Crippen LogP contribution in [0.25, 0.3) is 0 Å². The van der Waals surface area contributed by atoms with Gasteiger partial charge in [0, 0.05) is 0 Å². The van der Waals surface area contributed by atoms with Crippen LogP contribution in [0.4, 0.5) is 4.39 Å². The van der Waals surface area contributed by atoms with Gasteiger partial charge >= 0.3 is 0 Å². The summed E-state index contributed by atoms with van der Waals surface area (Å²) in [6, 6.07) is 13.2. The molecule has 0 aliphatic carbocycles. The second-order valence-corrected chi connectivity index (χ2v) is 5.71. The lowest BCUT2D eigenvalue weighted by molar-refractivity contribution is -0.128. The van der Waals surface area contributed by atoms with Gasteiger partial charge in [-0.25, -0.2) is 4.39 Å². The lowest BCUT2D eigenvalue weighted by Crippen LogP contribution is -2.39. The first-order chi connectivity index (χ1) is 12.1. The summed E-state index contributed by atoms with van der Waals surface area (Å²) in [7, 11) is 1.62. The van der Waals surface area contributed by atoms with Crippen LogP contribution in [-0.2, 0) is 4.79 Å². The zero-order valence-electron chi connectivity index (χ0n) is 14.8. The molecule has 2 atom stereocenters. The lowest BCUT2D eigenvalue weighted by Gasteiger charge is -2.22. The number of benzene rings is 2. The van der Waals surface area contributed by atoms with Gasteiger partial charge in [0.2, 0.25) is 0 Å². The SMILES string of the molecule is CC[C@@H](Oc1ccc(F)cc1)C(=O)N[C@H](CC)c1ccc(OC)cc1. The molecule has 0 saturated carbocycles. The molecule has 0 saturated heterocycles. The number of nitrogens with one attached hydrogen (secondary N) is 1. The van der Waals surface area contributed by atoms with Crippen molar-refractivity contribution in [1.29, 1.82) is 0 Å².